The lowest BCUT2D eigenvalue weighted by Gasteiger charge is -2.36. The Kier molecular flexibility index (Phi) is 9.39. The number of hydrogen-bond acceptors (Lipinski definition) is 9. The largest absolute Gasteiger partial charge is 0.444 e. The molecule has 13 heteroatoms. The van der Waals surface area contributed by atoms with Crippen molar-refractivity contribution in [3.05, 3.63) is 52.2 Å². The second kappa shape index (κ2) is 12.2. The van der Waals surface area contributed by atoms with Crippen molar-refractivity contribution in [1.29, 1.82) is 0 Å². The second-order valence-corrected chi connectivity index (χ2v) is 16.6. The maximum absolute atomic E-state index is 13.7. The summed E-state index contributed by atoms with van der Waals surface area (Å²) in [4.78, 5) is 22.6. The highest BCUT2D eigenvalue weighted by molar-refractivity contribution is 7.92. The fourth-order valence-corrected chi connectivity index (χ4v) is 6.88. The van der Waals surface area contributed by atoms with E-state index < -0.39 is 32.3 Å². The maximum atomic E-state index is 13.7. The monoisotopic (exact) mass is 666 g/mol. The first-order valence-electron chi connectivity index (χ1n) is 14.3. The standard InChI is InChI=1S/C20H28ClN3O5S.C11H12ClNO/c1-19(2,3)17-23-13-8-7-12(21)16(15(13)28-17)30(26,27)14-11-22-9-10-24(14)18(25)29-20(4,5)6;1-11(2,3)10-13-8-5-4-7(12)6-9(8)14-10/h7-8,14,22H,9-11H2,1-6H3;4-6H,1-3H3. The van der Waals surface area contributed by atoms with Gasteiger partial charge in [-0.15, -0.1) is 0 Å². The number of nitrogens with zero attached hydrogens (tertiary/aromatic N) is 3. The molecule has 1 aliphatic rings. The molecule has 2 aromatic heterocycles. The molecular weight excluding hydrogens is 627 g/mol. The number of fused-ring (bicyclic) bond motifs is 2. The molecule has 5 rings (SSSR count). The topological polar surface area (TPSA) is 128 Å². The average Bonchev–Trinajstić information content (AvgIpc) is 3.52. The lowest BCUT2D eigenvalue weighted by atomic mass is 9.97. The molecule has 0 radical (unpaired) electrons. The molecule has 1 aliphatic heterocycles. The summed E-state index contributed by atoms with van der Waals surface area (Å²) in [6, 6.07) is 8.59. The number of nitrogens with one attached hydrogen (secondary N) is 1. The van der Waals surface area contributed by atoms with Crippen molar-refractivity contribution in [1.82, 2.24) is 20.2 Å². The zero-order chi connectivity index (χ0) is 32.8. The van der Waals surface area contributed by atoms with Crippen LogP contribution in [0.5, 0.6) is 0 Å². The van der Waals surface area contributed by atoms with Gasteiger partial charge >= 0.3 is 6.09 Å². The van der Waals surface area contributed by atoms with Crippen molar-refractivity contribution < 1.29 is 26.8 Å². The number of benzene rings is 2. The molecule has 1 atom stereocenters. The molecule has 1 N–H and O–H groups in total. The van der Waals surface area contributed by atoms with Gasteiger partial charge in [0, 0.05) is 41.6 Å². The first-order valence-corrected chi connectivity index (χ1v) is 16.6. The number of piperazine rings is 1. The molecule has 1 amide bonds. The fraction of sp³-hybridized carbons (Fsp3) is 0.516. The number of carbonyl (C=O) groups excluding carboxylic acids is 1. The number of carbonyl (C=O) groups is 1. The number of oxazole rings is 2. The van der Waals surface area contributed by atoms with Gasteiger partial charge < -0.3 is 18.9 Å². The third kappa shape index (κ3) is 7.50. The molecule has 240 valence electrons. The van der Waals surface area contributed by atoms with E-state index in [9.17, 15) is 13.2 Å². The van der Waals surface area contributed by atoms with E-state index in [2.05, 4.69) is 36.1 Å². The number of halogens is 2. The van der Waals surface area contributed by atoms with E-state index in [1.807, 2.05) is 32.9 Å². The summed E-state index contributed by atoms with van der Waals surface area (Å²) in [6.45, 7) is 17.9. The van der Waals surface area contributed by atoms with Crippen LogP contribution < -0.4 is 5.32 Å². The summed E-state index contributed by atoms with van der Waals surface area (Å²) in [5.74, 6) is 1.15. The van der Waals surface area contributed by atoms with E-state index in [-0.39, 0.29) is 34.0 Å². The van der Waals surface area contributed by atoms with Crippen molar-refractivity contribution in [2.24, 2.45) is 0 Å². The smallest absolute Gasteiger partial charge is 0.411 e. The predicted molar refractivity (Wildman–Crippen MR) is 172 cm³/mol. The summed E-state index contributed by atoms with van der Waals surface area (Å²) in [5.41, 5.74) is 0.882. The quantitative estimate of drug-likeness (QED) is 0.231. The number of rotatable bonds is 2. The summed E-state index contributed by atoms with van der Waals surface area (Å²) < 4.78 is 44.3. The molecule has 1 fully saturated rings. The lowest BCUT2D eigenvalue weighted by Crippen LogP contribution is -2.57. The molecule has 0 bridgehead atoms. The zero-order valence-electron chi connectivity index (χ0n) is 26.5. The molecule has 1 saturated heterocycles. The van der Waals surface area contributed by atoms with E-state index in [0.29, 0.717) is 23.0 Å². The minimum Gasteiger partial charge on any atom is -0.444 e. The number of hydrogen-bond donors (Lipinski definition) is 1. The normalized spacial score (nSPS) is 16.6. The summed E-state index contributed by atoms with van der Waals surface area (Å²) in [7, 11) is -4.10. The lowest BCUT2D eigenvalue weighted by molar-refractivity contribution is 0.0193. The second-order valence-electron chi connectivity index (χ2n) is 13.8. The van der Waals surface area contributed by atoms with E-state index in [1.165, 1.54) is 11.0 Å². The van der Waals surface area contributed by atoms with Crippen molar-refractivity contribution in [2.75, 3.05) is 19.6 Å². The van der Waals surface area contributed by atoms with Crippen molar-refractivity contribution in [3.8, 4) is 0 Å². The highest BCUT2D eigenvalue weighted by Gasteiger charge is 2.42. The minimum atomic E-state index is -4.10. The van der Waals surface area contributed by atoms with Gasteiger partial charge in [0.05, 0.1) is 5.02 Å². The van der Waals surface area contributed by atoms with Crippen LogP contribution in [0.15, 0.2) is 44.1 Å². The Morgan fingerprint density at radius 1 is 0.932 bits per heavy atom. The van der Waals surface area contributed by atoms with Crippen LogP contribution in [-0.2, 0) is 25.4 Å². The van der Waals surface area contributed by atoms with Gasteiger partial charge in [0.1, 0.15) is 21.5 Å². The van der Waals surface area contributed by atoms with Crippen LogP contribution in [0.4, 0.5) is 4.79 Å². The van der Waals surface area contributed by atoms with Gasteiger partial charge in [-0.05, 0) is 45.0 Å². The zero-order valence-corrected chi connectivity index (χ0v) is 28.9. The summed E-state index contributed by atoms with van der Waals surface area (Å²) >= 11 is 12.2. The molecule has 0 spiro atoms. The van der Waals surface area contributed by atoms with E-state index >= 15 is 0 Å². The van der Waals surface area contributed by atoms with Crippen molar-refractivity contribution in [3.63, 3.8) is 0 Å². The Morgan fingerprint density at radius 3 is 2.14 bits per heavy atom. The van der Waals surface area contributed by atoms with Crippen molar-refractivity contribution >= 4 is 61.3 Å². The third-order valence-corrected chi connectivity index (χ3v) is 9.34. The van der Waals surface area contributed by atoms with E-state index in [1.54, 1.807) is 32.9 Å². The number of sulfone groups is 1. The third-order valence-electron chi connectivity index (χ3n) is 6.56. The first-order chi connectivity index (χ1) is 20.2. The van der Waals surface area contributed by atoms with Gasteiger partial charge in [-0.25, -0.2) is 23.2 Å². The van der Waals surface area contributed by atoms with Crippen LogP contribution >= 0.6 is 23.2 Å². The Hall–Kier alpha value is -2.86. The van der Waals surface area contributed by atoms with E-state index in [0.717, 1.165) is 17.0 Å². The predicted octanol–water partition coefficient (Wildman–Crippen LogP) is 7.50. The molecule has 44 heavy (non-hydrogen) atoms. The van der Waals surface area contributed by atoms with Crippen LogP contribution in [-0.4, -0.2) is 60.0 Å². The van der Waals surface area contributed by atoms with Crippen molar-refractivity contribution in [2.45, 2.75) is 89.0 Å². The average molecular weight is 668 g/mol. The number of amides is 1. The fourth-order valence-electron chi connectivity index (χ4n) is 4.37. The van der Waals surface area contributed by atoms with Gasteiger partial charge in [-0.2, -0.15) is 0 Å². The Labute approximate surface area is 268 Å². The first kappa shape index (κ1) is 34.0. The van der Waals surface area contributed by atoms with E-state index in [4.69, 9.17) is 36.8 Å². The molecule has 1 unspecified atom stereocenters. The van der Waals surface area contributed by atoms with Gasteiger partial charge in [0.2, 0.25) is 21.6 Å². The molecule has 10 nitrogen and oxygen atoms in total. The van der Waals surface area contributed by atoms with Gasteiger partial charge in [-0.3, -0.25) is 4.90 Å². The minimum absolute atomic E-state index is 0.0221. The van der Waals surface area contributed by atoms with Crippen LogP contribution in [0.1, 0.15) is 74.1 Å². The summed E-state index contributed by atoms with van der Waals surface area (Å²) in [5, 5.41) is 2.55. The molecular formula is C31H40Cl2N4O6S. The van der Waals surface area contributed by atoms with Crippen LogP contribution in [0.25, 0.3) is 22.2 Å². The number of aromatic nitrogens is 2. The van der Waals surface area contributed by atoms with Gasteiger partial charge in [-0.1, -0.05) is 64.7 Å². The highest BCUT2D eigenvalue weighted by Crippen LogP contribution is 2.37. The Balaban J connectivity index is 0.000000262. The Morgan fingerprint density at radius 2 is 1.52 bits per heavy atom. The summed E-state index contributed by atoms with van der Waals surface area (Å²) in [6.07, 6.45) is -0.686. The van der Waals surface area contributed by atoms with Crippen LogP contribution in [0, 0.1) is 0 Å². The maximum Gasteiger partial charge on any atom is 0.411 e. The van der Waals surface area contributed by atoms with Crippen LogP contribution in [0.2, 0.25) is 10.0 Å². The molecule has 0 aliphatic carbocycles. The van der Waals surface area contributed by atoms with Crippen LogP contribution in [0.3, 0.4) is 0 Å². The van der Waals surface area contributed by atoms with Gasteiger partial charge in [0.15, 0.2) is 16.5 Å². The SMILES string of the molecule is CC(C)(C)OC(=O)N1CCNCC1S(=O)(=O)c1c(Cl)ccc2nc(C(C)(C)C)oc12.CC(C)(C)c1nc2ccc(Cl)cc2o1. The molecule has 3 heterocycles. The van der Waals surface area contributed by atoms with Gasteiger partial charge in [0.25, 0.3) is 0 Å². The Bertz CT molecular complexity index is 1780. The highest BCUT2D eigenvalue weighted by atomic mass is 35.5. The molecule has 2 aromatic carbocycles. The molecule has 0 saturated carbocycles. The molecule has 4 aromatic rings. The number of ether oxygens (including phenoxy) is 1.